The molecule has 1 aromatic carbocycles. The van der Waals surface area contributed by atoms with Crippen LogP contribution in [0.15, 0.2) is 36.7 Å². The Balaban J connectivity index is 1.73. The number of amides is 1. The van der Waals surface area contributed by atoms with Crippen LogP contribution in [0.3, 0.4) is 0 Å². The maximum atomic E-state index is 12.5. The molecule has 7 nitrogen and oxygen atoms in total. The molecule has 0 aliphatic heterocycles. The number of hydrogen-bond donors (Lipinski definition) is 1. The fourth-order valence-electron chi connectivity index (χ4n) is 2.77. The van der Waals surface area contributed by atoms with Gasteiger partial charge < -0.3 is 9.88 Å². The number of hydrogen-bond acceptors (Lipinski definition) is 4. The predicted molar refractivity (Wildman–Crippen MR) is 94.5 cm³/mol. The molecule has 7 heteroatoms. The molecule has 1 amide bonds. The first kappa shape index (κ1) is 16.9. The summed E-state index contributed by atoms with van der Waals surface area (Å²) in [5.74, 6) is 0.610. The summed E-state index contributed by atoms with van der Waals surface area (Å²) in [6.07, 6.45) is 2.68. The predicted octanol–water partition coefficient (Wildman–Crippen LogP) is 2.42. The summed E-state index contributed by atoms with van der Waals surface area (Å²) in [5.41, 5.74) is 3.43. The van der Waals surface area contributed by atoms with Gasteiger partial charge in [-0.3, -0.25) is 4.79 Å². The van der Waals surface area contributed by atoms with Crippen molar-refractivity contribution in [1.82, 2.24) is 29.9 Å². The van der Waals surface area contributed by atoms with Crippen molar-refractivity contribution in [2.24, 2.45) is 0 Å². The summed E-state index contributed by atoms with van der Waals surface area (Å²) >= 11 is 0. The average Bonchev–Trinajstić information content (AvgIpc) is 3.19. The lowest BCUT2D eigenvalue weighted by Gasteiger charge is -2.09. The van der Waals surface area contributed by atoms with Crippen molar-refractivity contribution < 1.29 is 4.79 Å². The van der Waals surface area contributed by atoms with E-state index in [4.69, 9.17) is 0 Å². The van der Waals surface area contributed by atoms with Gasteiger partial charge in [0.05, 0.1) is 17.9 Å². The van der Waals surface area contributed by atoms with E-state index < -0.39 is 0 Å². The first-order valence-electron chi connectivity index (χ1n) is 8.37. The Morgan fingerprint density at radius 1 is 1.24 bits per heavy atom. The Kier molecular flexibility index (Phi) is 4.92. The van der Waals surface area contributed by atoms with E-state index in [1.807, 2.05) is 47.4 Å². The van der Waals surface area contributed by atoms with Gasteiger partial charge in [0.15, 0.2) is 5.82 Å². The molecule has 0 fully saturated rings. The van der Waals surface area contributed by atoms with Crippen molar-refractivity contribution in [2.45, 2.75) is 40.3 Å². The van der Waals surface area contributed by atoms with Gasteiger partial charge >= 0.3 is 0 Å². The van der Waals surface area contributed by atoms with Gasteiger partial charge in [0.1, 0.15) is 6.33 Å². The van der Waals surface area contributed by atoms with Crippen LogP contribution in [-0.4, -0.2) is 30.5 Å². The van der Waals surface area contributed by atoms with Crippen LogP contribution in [0.2, 0.25) is 0 Å². The maximum Gasteiger partial charge on any atom is 0.251 e. The Bertz CT molecular complexity index is 879. The van der Waals surface area contributed by atoms with Crippen molar-refractivity contribution in [1.29, 1.82) is 0 Å². The second-order valence-corrected chi connectivity index (χ2v) is 6.01. The molecule has 0 spiro atoms. The molecular formula is C18H22N6O. The van der Waals surface area contributed by atoms with Crippen LogP contribution < -0.4 is 5.32 Å². The molecule has 1 N–H and O–H groups in total. The van der Waals surface area contributed by atoms with Crippen LogP contribution >= 0.6 is 0 Å². The quantitative estimate of drug-likeness (QED) is 0.749. The Hall–Kier alpha value is -2.96. The second kappa shape index (κ2) is 7.29. The van der Waals surface area contributed by atoms with Gasteiger partial charge in [-0.1, -0.05) is 13.0 Å². The number of benzene rings is 1. The molecule has 3 aromatic rings. The summed E-state index contributed by atoms with van der Waals surface area (Å²) in [6, 6.07) is 9.44. The minimum atomic E-state index is -0.144. The zero-order chi connectivity index (χ0) is 17.8. The highest BCUT2D eigenvalue weighted by molar-refractivity contribution is 5.94. The second-order valence-electron chi connectivity index (χ2n) is 6.01. The third kappa shape index (κ3) is 3.76. The van der Waals surface area contributed by atoms with Crippen LogP contribution in [0.5, 0.6) is 0 Å². The molecule has 0 saturated heterocycles. The van der Waals surface area contributed by atoms with Crippen LogP contribution in [0, 0.1) is 13.8 Å². The van der Waals surface area contributed by atoms with E-state index >= 15 is 0 Å². The molecular weight excluding hydrogens is 316 g/mol. The number of nitrogens with zero attached hydrogens (tertiary/aromatic N) is 5. The fourth-order valence-corrected chi connectivity index (χ4v) is 2.77. The summed E-state index contributed by atoms with van der Waals surface area (Å²) in [5, 5.41) is 15.3. The highest BCUT2D eigenvalue weighted by Crippen LogP contribution is 2.14. The molecule has 2 aromatic heterocycles. The van der Waals surface area contributed by atoms with Gasteiger partial charge in [0.25, 0.3) is 5.91 Å². The molecule has 130 valence electrons. The van der Waals surface area contributed by atoms with E-state index in [-0.39, 0.29) is 5.91 Å². The molecule has 0 atom stereocenters. The van der Waals surface area contributed by atoms with Gasteiger partial charge in [-0.2, -0.15) is 5.10 Å². The molecule has 0 aliphatic rings. The molecule has 25 heavy (non-hydrogen) atoms. The number of aryl methyl sites for hydroxylation is 3. The van der Waals surface area contributed by atoms with Crippen molar-refractivity contribution in [3.05, 3.63) is 59.4 Å². The molecule has 3 rings (SSSR count). The molecule has 0 aliphatic carbocycles. The smallest absolute Gasteiger partial charge is 0.251 e. The zero-order valence-electron chi connectivity index (χ0n) is 14.7. The Morgan fingerprint density at radius 3 is 2.80 bits per heavy atom. The molecule has 0 bridgehead atoms. The monoisotopic (exact) mass is 338 g/mol. The molecule has 0 saturated carbocycles. The third-order valence-electron chi connectivity index (χ3n) is 3.93. The summed E-state index contributed by atoms with van der Waals surface area (Å²) in [7, 11) is 0. The van der Waals surface area contributed by atoms with E-state index in [0.717, 1.165) is 35.9 Å². The summed E-state index contributed by atoms with van der Waals surface area (Å²) in [4.78, 5) is 12.5. The van der Waals surface area contributed by atoms with Gasteiger partial charge in [0, 0.05) is 17.8 Å². The van der Waals surface area contributed by atoms with Gasteiger partial charge in [-0.15, -0.1) is 10.2 Å². The van der Waals surface area contributed by atoms with Crippen LogP contribution in [0.1, 0.15) is 40.9 Å². The van der Waals surface area contributed by atoms with Crippen molar-refractivity contribution in [3.63, 3.8) is 0 Å². The lowest BCUT2D eigenvalue weighted by Crippen LogP contribution is -2.25. The Labute approximate surface area is 146 Å². The van der Waals surface area contributed by atoms with E-state index in [0.29, 0.717) is 12.1 Å². The normalized spacial score (nSPS) is 10.8. The first-order valence-corrected chi connectivity index (χ1v) is 8.37. The largest absolute Gasteiger partial charge is 0.345 e. The van der Waals surface area contributed by atoms with Crippen molar-refractivity contribution >= 4 is 5.91 Å². The Morgan fingerprint density at radius 2 is 2.08 bits per heavy atom. The average molecular weight is 338 g/mol. The molecule has 2 heterocycles. The van der Waals surface area contributed by atoms with E-state index in [2.05, 4.69) is 27.5 Å². The van der Waals surface area contributed by atoms with E-state index in [1.54, 1.807) is 12.4 Å². The number of carbonyl (C=O) groups is 1. The fraction of sp³-hybridized carbons (Fsp3) is 0.333. The molecule has 0 radical (unpaired) electrons. The summed E-state index contributed by atoms with van der Waals surface area (Å²) < 4.78 is 3.79. The molecule has 0 unspecified atom stereocenters. The summed E-state index contributed by atoms with van der Waals surface area (Å²) in [6.45, 7) is 7.22. The lowest BCUT2D eigenvalue weighted by molar-refractivity contribution is 0.0949. The zero-order valence-corrected chi connectivity index (χ0v) is 14.7. The number of rotatable bonds is 6. The van der Waals surface area contributed by atoms with E-state index in [9.17, 15) is 4.79 Å². The van der Waals surface area contributed by atoms with Gasteiger partial charge in [0.2, 0.25) is 0 Å². The minimum absolute atomic E-state index is 0.144. The highest BCUT2D eigenvalue weighted by atomic mass is 16.1. The van der Waals surface area contributed by atoms with E-state index in [1.165, 1.54) is 0 Å². The maximum absolute atomic E-state index is 12.5. The van der Waals surface area contributed by atoms with Gasteiger partial charge in [-0.05, 0) is 44.5 Å². The van der Waals surface area contributed by atoms with Gasteiger partial charge in [-0.25, -0.2) is 4.68 Å². The van der Waals surface area contributed by atoms with Crippen LogP contribution in [0.4, 0.5) is 0 Å². The number of aromatic nitrogens is 5. The third-order valence-corrected chi connectivity index (χ3v) is 3.93. The van der Waals surface area contributed by atoms with Crippen molar-refractivity contribution in [2.75, 3.05) is 0 Å². The first-order chi connectivity index (χ1) is 12.1. The number of carbonyl (C=O) groups excluding carboxylic acids is 1. The van der Waals surface area contributed by atoms with Crippen LogP contribution in [-0.2, 0) is 13.1 Å². The van der Waals surface area contributed by atoms with Crippen molar-refractivity contribution in [3.8, 4) is 5.69 Å². The minimum Gasteiger partial charge on any atom is -0.345 e. The standard InChI is InChI=1S/C18H22N6O/c1-4-8-23-12-20-21-17(23)11-19-18(25)15-6-5-7-16(10-15)24-14(3)9-13(2)22-24/h5-7,9-10,12H,4,8,11H2,1-3H3,(H,19,25). The number of nitrogens with one attached hydrogen (secondary N) is 1. The SMILES string of the molecule is CCCn1cnnc1CNC(=O)c1cccc(-n2nc(C)cc2C)c1. The highest BCUT2D eigenvalue weighted by Gasteiger charge is 2.11. The lowest BCUT2D eigenvalue weighted by atomic mass is 10.2. The topological polar surface area (TPSA) is 77.6 Å². The van der Waals surface area contributed by atoms with Crippen LogP contribution in [0.25, 0.3) is 5.69 Å².